The van der Waals surface area contributed by atoms with E-state index in [4.69, 9.17) is 0 Å². The second kappa shape index (κ2) is 13.2. The van der Waals surface area contributed by atoms with Gasteiger partial charge in [-0.2, -0.15) is 0 Å². The fourth-order valence-corrected chi connectivity index (χ4v) is 10.6. The molecule has 0 radical (unpaired) electrons. The molecule has 0 N–H and O–H groups in total. The second-order valence-corrected chi connectivity index (χ2v) is 16.1. The summed E-state index contributed by atoms with van der Waals surface area (Å²) in [6.45, 7) is 6.26. The van der Waals surface area contributed by atoms with E-state index >= 15 is 0 Å². The molecule has 0 bridgehead atoms. The number of para-hydroxylation sites is 1. The molecular weight excluding hydrogens is 725 g/mol. The van der Waals surface area contributed by atoms with Crippen LogP contribution < -0.4 is 4.90 Å². The Morgan fingerprint density at radius 3 is 1.72 bits per heavy atom. The lowest BCUT2D eigenvalue weighted by molar-refractivity contribution is 0.795. The molecule has 0 amide bonds. The Morgan fingerprint density at radius 1 is 0.450 bits per heavy atom. The zero-order valence-electron chi connectivity index (χ0n) is 33.3. The lowest BCUT2D eigenvalue weighted by Crippen LogP contribution is -2.25. The van der Waals surface area contributed by atoms with E-state index in [1.165, 1.54) is 71.6 Å². The van der Waals surface area contributed by atoms with Crippen LogP contribution in [0, 0.1) is 0 Å². The largest absolute Gasteiger partial charge is 0.310 e. The van der Waals surface area contributed by atoms with Crippen molar-refractivity contribution in [1.29, 1.82) is 0 Å². The first-order valence-electron chi connectivity index (χ1n) is 20.8. The Labute approximate surface area is 350 Å². The van der Waals surface area contributed by atoms with E-state index in [2.05, 4.69) is 229 Å². The average molecular weight is 765 g/mol. The van der Waals surface area contributed by atoms with Crippen LogP contribution in [0.5, 0.6) is 0 Å². The molecule has 9 aromatic carbocycles. The highest BCUT2D eigenvalue weighted by atomic mass is 15.1. The molecule has 1 heterocycles. The SMILES string of the molecule is C=Cc1cc(N(c2ccc3ccccc3c2)c2ccc3c4cc5c(cc4n(-c4ccccc4)c3c2)-c2ccccc2C52c3ccccc3-c3ccccc32)ccc1/C=C\C. The zero-order chi connectivity index (χ0) is 40.0. The summed E-state index contributed by atoms with van der Waals surface area (Å²) in [6.07, 6.45) is 6.19. The molecule has 2 heteroatoms. The molecule has 0 atom stereocenters. The summed E-state index contributed by atoms with van der Waals surface area (Å²) in [5, 5.41) is 4.89. The van der Waals surface area contributed by atoms with E-state index < -0.39 is 5.41 Å². The van der Waals surface area contributed by atoms with Crippen LogP contribution in [-0.4, -0.2) is 4.57 Å². The van der Waals surface area contributed by atoms with Gasteiger partial charge in [0.2, 0.25) is 0 Å². The third kappa shape index (κ3) is 4.76. The van der Waals surface area contributed by atoms with Crippen LogP contribution >= 0.6 is 0 Å². The molecule has 1 spiro atoms. The van der Waals surface area contributed by atoms with Crippen molar-refractivity contribution in [2.24, 2.45) is 0 Å². The topological polar surface area (TPSA) is 8.17 Å². The maximum Gasteiger partial charge on any atom is 0.0725 e. The number of benzene rings is 9. The smallest absolute Gasteiger partial charge is 0.0725 e. The van der Waals surface area contributed by atoms with Gasteiger partial charge >= 0.3 is 0 Å². The third-order valence-electron chi connectivity index (χ3n) is 13.0. The zero-order valence-corrected chi connectivity index (χ0v) is 33.3. The highest BCUT2D eigenvalue weighted by Crippen LogP contribution is 2.63. The summed E-state index contributed by atoms with van der Waals surface area (Å²) < 4.78 is 2.47. The molecule has 0 saturated heterocycles. The van der Waals surface area contributed by atoms with Gasteiger partial charge in [-0.05, 0) is 134 Å². The van der Waals surface area contributed by atoms with Gasteiger partial charge in [-0.25, -0.2) is 0 Å². The minimum Gasteiger partial charge on any atom is -0.310 e. The highest BCUT2D eigenvalue weighted by molar-refractivity contribution is 6.13. The van der Waals surface area contributed by atoms with Crippen LogP contribution in [-0.2, 0) is 5.41 Å². The number of aromatic nitrogens is 1. The summed E-state index contributed by atoms with van der Waals surface area (Å²) in [5.74, 6) is 0. The monoisotopic (exact) mass is 764 g/mol. The van der Waals surface area contributed by atoms with Crippen molar-refractivity contribution in [2.75, 3.05) is 4.90 Å². The van der Waals surface area contributed by atoms with Crippen LogP contribution in [0.2, 0.25) is 0 Å². The fraction of sp³-hybridized carbons (Fsp3) is 0.0345. The summed E-state index contributed by atoms with van der Waals surface area (Å²) in [5.41, 5.74) is 19.2. The molecule has 0 saturated carbocycles. The van der Waals surface area contributed by atoms with E-state index in [1.807, 2.05) is 6.08 Å². The van der Waals surface area contributed by atoms with Gasteiger partial charge in [-0.1, -0.05) is 158 Å². The van der Waals surface area contributed by atoms with Crippen LogP contribution in [0.25, 0.3) is 72.7 Å². The van der Waals surface area contributed by atoms with Gasteiger partial charge in [-0.15, -0.1) is 0 Å². The molecule has 12 rings (SSSR count). The molecule has 60 heavy (non-hydrogen) atoms. The van der Waals surface area contributed by atoms with Crippen molar-refractivity contribution in [3.8, 4) is 27.9 Å². The first kappa shape index (κ1) is 34.4. The minimum absolute atomic E-state index is 0.413. The molecule has 0 aliphatic heterocycles. The molecule has 0 fully saturated rings. The average Bonchev–Trinajstić information content (AvgIpc) is 3.90. The Morgan fingerprint density at radius 2 is 1.02 bits per heavy atom. The maximum atomic E-state index is 4.21. The summed E-state index contributed by atoms with van der Waals surface area (Å²) >= 11 is 0. The van der Waals surface area contributed by atoms with Gasteiger partial charge < -0.3 is 9.47 Å². The second-order valence-electron chi connectivity index (χ2n) is 16.1. The molecule has 2 aliphatic carbocycles. The first-order chi connectivity index (χ1) is 29.7. The molecule has 10 aromatic rings. The Hall–Kier alpha value is -7.68. The third-order valence-corrected chi connectivity index (χ3v) is 13.0. The quantitative estimate of drug-likeness (QED) is 0.164. The standard InChI is InChI=1S/C58H40N2/c1-3-16-39-27-29-43(33-38(39)4-2)59(44-30-28-40-17-8-9-18-41(40)34-44)45-31-32-49-51-36-55-50(37-57(51)60(56(49)35-45)42-19-6-5-7-20-42)48-23-12-15-26-54(48)58(55)52-24-13-10-21-46(52)47-22-11-14-25-53(47)58/h3-37H,2H2,1H3/b16-3-. The van der Waals surface area contributed by atoms with Gasteiger partial charge in [0.25, 0.3) is 0 Å². The molecule has 1 aromatic heterocycles. The lowest BCUT2D eigenvalue weighted by atomic mass is 9.70. The Bertz CT molecular complexity index is 3370. The number of anilines is 3. The summed E-state index contributed by atoms with van der Waals surface area (Å²) in [4.78, 5) is 2.39. The molecular formula is C58H40N2. The number of rotatable bonds is 6. The maximum absolute atomic E-state index is 4.21. The van der Waals surface area contributed by atoms with Crippen LogP contribution in [0.4, 0.5) is 17.1 Å². The van der Waals surface area contributed by atoms with Gasteiger partial charge in [0.1, 0.15) is 0 Å². The van der Waals surface area contributed by atoms with Crippen molar-refractivity contribution in [3.05, 3.63) is 240 Å². The highest BCUT2D eigenvalue weighted by Gasteiger charge is 2.51. The summed E-state index contributed by atoms with van der Waals surface area (Å²) in [7, 11) is 0. The van der Waals surface area contributed by atoms with Gasteiger partial charge in [0.15, 0.2) is 0 Å². The van der Waals surface area contributed by atoms with E-state index in [1.54, 1.807) is 0 Å². The van der Waals surface area contributed by atoms with Gasteiger partial charge in [0.05, 0.1) is 16.4 Å². The van der Waals surface area contributed by atoms with E-state index in [-0.39, 0.29) is 0 Å². The number of allylic oxidation sites excluding steroid dienone is 1. The van der Waals surface area contributed by atoms with Crippen LogP contribution in [0.15, 0.2) is 207 Å². The minimum atomic E-state index is -0.413. The summed E-state index contributed by atoms with van der Waals surface area (Å²) in [6, 6.07) is 72.2. The molecule has 2 nitrogen and oxygen atoms in total. The Balaban J connectivity index is 1.15. The van der Waals surface area contributed by atoms with Crippen LogP contribution in [0.1, 0.15) is 40.3 Å². The van der Waals surface area contributed by atoms with Crippen molar-refractivity contribution < 1.29 is 0 Å². The first-order valence-corrected chi connectivity index (χ1v) is 20.8. The molecule has 0 unspecified atom stereocenters. The van der Waals surface area contributed by atoms with Crippen molar-refractivity contribution >= 4 is 61.8 Å². The van der Waals surface area contributed by atoms with Crippen molar-refractivity contribution in [3.63, 3.8) is 0 Å². The lowest BCUT2D eigenvalue weighted by Gasteiger charge is -2.30. The van der Waals surface area contributed by atoms with E-state index in [9.17, 15) is 0 Å². The van der Waals surface area contributed by atoms with Crippen LogP contribution in [0.3, 0.4) is 0 Å². The molecule has 282 valence electrons. The van der Waals surface area contributed by atoms with E-state index in [0.29, 0.717) is 0 Å². The Kier molecular flexibility index (Phi) is 7.55. The van der Waals surface area contributed by atoms with Gasteiger partial charge in [-0.3, -0.25) is 0 Å². The number of fused-ring (bicyclic) bond motifs is 14. The molecule has 2 aliphatic rings. The van der Waals surface area contributed by atoms with Crippen molar-refractivity contribution in [2.45, 2.75) is 12.3 Å². The number of hydrogen-bond acceptors (Lipinski definition) is 1. The predicted octanol–water partition coefficient (Wildman–Crippen LogP) is 15.4. The van der Waals surface area contributed by atoms with Gasteiger partial charge in [0, 0.05) is 33.5 Å². The number of hydrogen-bond donors (Lipinski definition) is 0. The predicted molar refractivity (Wildman–Crippen MR) is 254 cm³/mol. The fourth-order valence-electron chi connectivity index (χ4n) is 10.6. The number of nitrogens with zero attached hydrogens (tertiary/aromatic N) is 2. The normalized spacial score (nSPS) is 13.2. The van der Waals surface area contributed by atoms with Crippen molar-refractivity contribution in [1.82, 2.24) is 4.57 Å². The van der Waals surface area contributed by atoms with E-state index in [0.717, 1.165) is 39.4 Å².